The van der Waals surface area contributed by atoms with Gasteiger partial charge in [0.15, 0.2) is 0 Å². The first-order valence-corrected chi connectivity index (χ1v) is 9.17. The Morgan fingerprint density at radius 3 is 2.11 bits per heavy atom. The summed E-state index contributed by atoms with van der Waals surface area (Å²) >= 11 is 0. The molecule has 0 unspecified atom stereocenters. The van der Waals surface area contributed by atoms with Gasteiger partial charge in [0.25, 0.3) is 0 Å². The summed E-state index contributed by atoms with van der Waals surface area (Å²) in [5, 5.41) is 5.30. The molecular weight excluding hydrogens is 356 g/mol. The molecule has 0 atom stereocenters. The highest BCUT2D eigenvalue weighted by atomic mass is 16.5. The normalized spacial score (nSPS) is 10.9. The van der Waals surface area contributed by atoms with E-state index in [1.165, 1.54) is 0 Å². The van der Waals surface area contributed by atoms with Crippen LogP contribution in [0.2, 0.25) is 0 Å². The lowest BCUT2D eigenvalue weighted by molar-refractivity contribution is -0.123. The molecule has 2 amide bonds. The Balaban J connectivity index is 1.96. The van der Waals surface area contributed by atoms with Crippen LogP contribution < -0.4 is 10.6 Å². The molecule has 0 aliphatic heterocycles. The monoisotopic (exact) mass is 382 g/mol. The molecule has 0 radical (unpaired) electrons. The maximum absolute atomic E-state index is 12.2. The first-order chi connectivity index (χ1) is 13.2. The molecule has 0 aromatic heterocycles. The Morgan fingerprint density at radius 2 is 1.50 bits per heavy atom. The molecule has 0 saturated heterocycles. The van der Waals surface area contributed by atoms with E-state index in [1.54, 1.807) is 31.2 Å². The summed E-state index contributed by atoms with van der Waals surface area (Å²) in [6.07, 6.45) is -0.363. The predicted octanol–water partition coefficient (Wildman–Crippen LogP) is 4.13. The summed E-state index contributed by atoms with van der Waals surface area (Å²) < 4.78 is 4.97. The standard InChI is InChI=1S/C22H26N2O4/c1-5-28-21(27)17-8-6-7-9-18(17)24-20(26)14-19(25)23-16-12-10-15(11-13-16)22(2,3)4/h6-13H,5,14H2,1-4H3,(H,23,25)(H,24,26). The van der Waals surface area contributed by atoms with Crippen LogP contribution in [0, 0.1) is 0 Å². The molecule has 148 valence electrons. The molecule has 2 rings (SSSR count). The maximum atomic E-state index is 12.2. The van der Waals surface area contributed by atoms with Crippen LogP contribution in [-0.2, 0) is 19.7 Å². The number of carbonyl (C=O) groups excluding carboxylic acids is 3. The number of anilines is 2. The van der Waals surface area contributed by atoms with Gasteiger partial charge in [0.05, 0.1) is 17.9 Å². The lowest BCUT2D eigenvalue weighted by atomic mass is 9.87. The van der Waals surface area contributed by atoms with E-state index in [1.807, 2.05) is 24.3 Å². The van der Waals surface area contributed by atoms with E-state index in [-0.39, 0.29) is 24.0 Å². The van der Waals surface area contributed by atoms with Crippen LogP contribution in [0.1, 0.15) is 50.0 Å². The Labute approximate surface area is 165 Å². The smallest absolute Gasteiger partial charge is 0.340 e. The van der Waals surface area contributed by atoms with Crippen molar-refractivity contribution in [1.29, 1.82) is 0 Å². The fourth-order valence-corrected chi connectivity index (χ4v) is 2.58. The van der Waals surface area contributed by atoms with Gasteiger partial charge in [-0.2, -0.15) is 0 Å². The maximum Gasteiger partial charge on any atom is 0.340 e. The van der Waals surface area contributed by atoms with Crippen molar-refractivity contribution in [3.8, 4) is 0 Å². The Bertz CT molecular complexity index is 852. The largest absolute Gasteiger partial charge is 0.462 e. The van der Waals surface area contributed by atoms with E-state index >= 15 is 0 Å². The molecule has 0 spiro atoms. The third-order valence-corrected chi connectivity index (χ3v) is 4.05. The molecule has 0 fully saturated rings. The number of esters is 1. The van der Waals surface area contributed by atoms with E-state index < -0.39 is 17.8 Å². The first kappa shape index (κ1) is 21.2. The van der Waals surface area contributed by atoms with Crippen LogP contribution in [0.5, 0.6) is 0 Å². The number of rotatable bonds is 6. The van der Waals surface area contributed by atoms with Crippen LogP contribution in [-0.4, -0.2) is 24.4 Å². The molecule has 2 aromatic rings. The molecule has 0 bridgehead atoms. The zero-order valence-corrected chi connectivity index (χ0v) is 16.7. The third-order valence-electron chi connectivity index (χ3n) is 4.05. The van der Waals surface area contributed by atoms with Crippen molar-refractivity contribution in [2.75, 3.05) is 17.2 Å². The SMILES string of the molecule is CCOC(=O)c1ccccc1NC(=O)CC(=O)Nc1ccc(C(C)(C)C)cc1. The van der Waals surface area contributed by atoms with E-state index in [4.69, 9.17) is 4.74 Å². The summed E-state index contributed by atoms with van der Waals surface area (Å²) in [7, 11) is 0. The Hall–Kier alpha value is -3.15. The van der Waals surface area contributed by atoms with Crippen molar-refractivity contribution in [2.24, 2.45) is 0 Å². The molecule has 2 N–H and O–H groups in total. The molecule has 2 aromatic carbocycles. The summed E-state index contributed by atoms with van der Waals surface area (Å²) in [5.74, 6) is -1.48. The lowest BCUT2D eigenvalue weighted by Crippen LogP contribution is -2.22. The summed E-state index contributed by atoms with van der Waals surface area (Å²) in [6.45, 7) is 8.27. The number of carbonyl (C=O) groups is 3. The number of hydrogen-bond donors (Lipinski definition) is 2. The molecule has 6 heteroatoms. The number of hydrogen-bond acceptors (Lipinski definition) is 4. The van der Waals surface area contributed by atoms with E-state index in [0.717, 1.165) is 5.56 Å². The van der Waals surface area contributed by atoms with Crippen LogP contribution in [0.15, 0.2) is 48.5 Å². The summed E-state index contributed by atoms with van der Waals surface area (Å²) in [4.78, 5) is 36.3. The number of benzene rings is 2. The van der Waals surface area contributed by atoms with Gasteiger partial charge >= 0.3 is 5.97 Å². The quantitative estimate of drug-likeness (QED) is 0.581. The minimum absolute atomic E-state index is 0.0226. The van der Waals surface area contributed by atoms with Gasteiger partial charge in [-0.25, -0.2) is 4.79 Å². The molecular formula is C22H26N2O4. The number of ether oxygens (including phenoxy) is 1. The molecule has 0 aliphatic carbocycles. The van der Waals surface area contributed by atoms with Crippen LogP contribution >= 0.6 is 0 Å². The van der Waals surface area contributed by atoms with Crippen molar-refractivity contribution in [3.05, 3.63) is 59.7 Å². The Kier molecular flexibility index (Phi) is 6.93. The molecule has 0 heterocycles. The lowest BCUT2D eigenvalue weighted by Gasteiger charge is -2.19. The van der Waals surface area contributed by atoms with Crippen molar-refractivity contribution in [3.63, 3.8) is 0 Å². The highest BCUT2D eigenvalue weighted by Crippen LogP contribution is 2.23. The van der Waals surface area contributed by atoms with E-state index in [2.05, 4.69) is 31.4 Å². The average Bonchev–Trinajstić information content (AvgIpc) is 2.61. The van der Waals surface area contributed by atoms with Gasteiger partial charge in [0.2, 0.25) is 11.8 Å². The van der Waals surface area contributed by atoms with Gasteiger partial charge in [-0.05, 0) is 42.2 Å². The topological polar surface area (TPSA) is 84.5 Å². The van der Waals surface area contributed by atoms with Gasteiger partial charge in [-0.3, -0.25) is 9.59 Å². The predicted molar refractivity (Wildman–Crippen MR) is 109 cm³/mol. The second-order valence-electron chi connectivity index (χ2n) is 7.37. The van der Waals surface area contributed by atoms with Crippen LogP contribution in [0.4, 0.5) is 11.4 Å². The van der Waals surface area contributed by atoms with Crippen LogP contribution in [0.25, 0.3) is 0 Å². The molecule has 0 saturated carbocycles. The minimum atomic E-state index is -0.526. The van der Waals surface area contributed by atoms with Crippen molar-refractivity contribution >= 4 is 29.2 Å². The number of para-hydroxylation sites is 1. The minimum Gasteiger partial charge on any atom is -0.462 e. The second kappa shape index (κ2) is 9.17. The number of amides is 2. The highest BCUT2D eigenvalue weighted by molar-refractivity contribution is 6.09. The molecule has 6 nitrogen and oxygen atoms in total. The second-order valence-corrected chi connectivity index (χ2v) is 7.37. The first-order valence-electron chi connectivity index (χ1n) is 9.17. The highest BCUT2D eigenvalue weighted by Gasteiger charge is 2.17. The van der Waals surface area contributed by atoms with Gasteiger partial charge in [-0.15, -0.1) is 0 Å². The average molecular weight is 382 g/mol. The fourth-order valence-electron chi connectivity index (χ4n) is 2.58. The molecule has 28 heavy (non-hydrogen) atoms. The van der Waals surface area contributed by atoms with Gasteiger partial charge in [0, 0.05) is 5.69 Å². The van der Waals surface area contributed by atoms with Crippen molar-refractivity contribution in [2.45, 2.75) is 39.5 Å². The zero-order chi connectivity index (χ0) is 20.7. The van der Waals surface area contributed by atoms with Gasteiger partial charge in [-0.1, -0.05) is 45.0 Å². The van der Waals surface area contributed by atoms with Crippen LogP contribution in [0.3, 0.4) is 0 Å². The Morgan fingerprint density at radius 1 is 0.893 bits per heavy atom. The fraction of sp³-hybridized carbons (Fsp3) is 0.318. The van der Waals surface area contributed by atoms with Gasteiger partial charge in [0.1, 0.15) is 6.42 Å². The van der Waals surface area contributed by atoms with E-state index in [0.29, 0.717) is 11.4 Å². The van der Waals surface area contributed by atoms with Crippen molar-refractivity contribution in [1.82, 2.24) is 0 Å². The zero-order valence-electron chi connectivity index (χ0n) is 16.7. The molecule has 0 aliphatic rings. The summed E-state index contributed by atoms with van der Waals surface area (Å²) in [6, 6.07) is 14.0. The van der Waals surface area contributed by atoms with Crippen molar-refractivity contribution < 1.29 is 19.1 Å². The third kappa shape index (κ3) is 5.94. The van der Waals surface area contributed by atoms with Gasteiger partial charge < -0.3 is 15.4 Å². The summed E-state index contributed by atoms with van der Waals surface area (Å²) in [5.41, 5.74) is 2.36. The number of nitrogens with one attached hydrogen (secondary N) is 2. The van der Waals surface area contributed by atoms with E-state index in [9.17, 15) is 14.4 Å².